The molecule has 9 nitrogen and oxygen atoms in total. The van der Waals surface area contributed by atoms with E-state index in [0.29, 0.717) is 37.6 Å². The number of methoxy groups -OCH3 is 2. The summed E-state index contributed by atoms with van der Waals surface area (Å²) in [6.07, 6.45) is 0.526. The number of hydrazone groups is 1. The number of benzene rings is 1. The minimum Gasteiger partial charge on any atom is -0.493 e. The molecule has 4 rings (SSSR count). The number of ether oxygens (including phenoxy) is 2. The molecule has 1 atom stereocenters. The summed E-state index contributed by atoms with van der Waals surface area (Å²) in [5.74, 6) is -0.414. The third-order valence-corrected chi connectivity index (χ3v) is 6.79. The Balaban J connectivity index is 1.60. The lowest BCUT2D eigenvalue weighted by Gasteiger charge is -2.33. The first-order valence-corrected chi connectivity index (χ1v) is 11.6. The number of likely N-dealkylation sites (N-methyl/N-ethyl adjacent to an activating group) is 1. The van der Waals surface area contributed by atoms with Crippen molar-refractivity contribution in [2.45, 2.75) is 19.4 Å². The summed E-state index contributed by atoms with van der Waals surface area (Å²) in [5, 5.41) is 8.03. The molecule has 2 aromatic rings. The molecular formula is C23H26N4O5S. The number of nitrogens with zero attached hydrogens (tertiary/aromatic N) is 4. The minimum absolute atomic E-state index is 0.201. The summed E-state index contributed by atoms with van der Waals surface area (Å²) >= 11 is 1.56. The minimum atomic E-state index is -0.652. The van der Waals surface area contributed by atoms with Gasteiger partial charge in [-0.25, -0.2) is 5.01 Å². The molecule has 0 aliphatic carbocycles. The van der Waals surface area contributed by atoms with Crippen molar-refractivity contribution < 1.29 is 23.9 Å². The average Bonchev–Trinajstić information content (AvgIpc) is 3.52. The van der Waals surface area contributed by atoms with Crippen LogP contribution in [0.1, 0.15) is 29.8 Å². The van der Waals surface area contributed by atoms with E-state index < -0.39 is 11.8 Å². The van der Waals surface area contributed by atoms with Gasteiger partial charge in [0.05, 0.1) is 30.9 Å². The lowest BCUT2D eigenvalue weighted by Crippen LogP contribution is -2.56. The van der Waals surface area contributed by atoms with Crippen molar-refractivity contribution in [2.24, 2.45) is 5.10 Å². The Morgan fingerprint density at radius 2 is 1.82 bits per heavy atom. The summed E-state index contributed by atoms with van der Waals surface area (Å²) in [6.45, 7) is 2.82. The number of carbonyl (C=O) groups is 3. The molecule has 3 heterocycles. The number of thiophene rings is 1. The number of hydrogen-bond acceptors (Lipinski definition) is 7. The smallest absolute Gasteiger partial charge is 0.312 e. The van der Waals surface area contributed by atoms with Crippen LogP contribution in [0.3, 0.4) is 0 Å². The van der Waals surface area contributed by atoms with Gasteiger partial charge in [0.15, 0.2) is 11.5 Å². The van der Waals surface area contributed by atoms with E-state index >= 15 is 0 Å². The number of rotatable bonds is 7. The summed E-state index contributed by atoms with van der Waals surface area (Å²) in [4.78, 5) is 41.9. The van der Waals surface area contributed by atoms with Crippen LogP contribution in [0.4, 0.5) is 0 Å². The Labute approximate surface area is 196 Å². The van der Waals surface area contributed by atoms with E-state index in [4.69, 9.17) is 9.47 Å². The number of amides is 3. The van der Waals surface area contributed by atoms with Gasteiger partial charge in [-0.1, -0.05) is 12.1 Å². The second-order valence-corrected chi connectivity index (χ2v) is 8.66. The van der Waals surface area contributed by atoms with Gasteiger partial charge in [-0.05, 0) is 36.1 Å². The van der Waals surface area contributed by atoms with Crippen LogP contribution in [0, 0.1) is 0 Å². The van der Waals surface area contributed by atoms with Gasteiger partial charge >= 0.3 is 11.8 Å². The first-order valence-electron chi connectivity index (χ1n) is 10.7. The number of carbonyl (C=O) groups excluding carboxylic acids is 3. The van der Waals surface area contributed by atoms with Gasteiger partial charge in [-0.2, -0.15) is 5.10 Å². The standard InChI is InChI=1S/C23H26N4O5S/c1-4-25-9-10-26(23(30)22(25)29)14-21(28)27-17(13-16(24-27)20-6-5-11-33-20)15-7-8-18(31-2)19(12-15)32-3/h5-8,11-12,17H,4,9-10,13-14H2,1-3H3/t17-/m1/s1. The fourth-order valence-electron chi connectivity index (χ4n) is 4.05. The maximum Gasteiger partial charge on any atom is 0.312 e. The van der Waals surface area contributed by atoms with Crippen molar-refractivity contribution in [3.63, 3.8) is 0 Å². The van der Waals surface area contributed by atoms with Crippen LogP contribution in [-0.4, -0.2) is 78.6 Å². The predicted molar refractivity (Wildman–Crippen MR) is 123 cm³/mol. The molecule has 2 aliphatic heterocycles. The number of hydrogen-bond donors (Lipinski definition) is 0. The highest BCUT2D eigenvalue weighted by Crippen LogP contribution is 2.38. The molecule has 1 aromatic heterocycles. The first kappa shape index (κ1) is 22.8. The largest absolute Gasteiger partial charge is 0.493 e. The predicted octanol–water partition coefficient (Wildman–Crippen LogP) is 2.13. The molecule has 0 N–H and O–H groups in total. The van der Waals surface area contributed by atoms with Gasteiger partial charge in [0, 0.05) is 26.1 Å². The molecule has 3 amide bonds. The van der Waals surface area contributed by atoms with Crippen molar-refractivity contribution in [1.29, 1.82) is 0 Å². The van der Waals surface area contributed by atoms with Crippen LogP contribution in [-0.2, 0) is 14.4 Å². The molecule has 10 heteroatoms. The van der Waals surface area contributed by atoms with E-state index in [2.05, 4.69) is 5.10 Å². The van der Waals surface area contributed by atoms with Gasteiger partial charge in [0.25, 0.3) is 5.91 Å². The monoisotopic (exact) mass is 470 g/mol. The molecule has 2 aliphatic rings. The lowest BCUT2D eigenvalue weighted by molar-refractivity contribution is -0.157. The molecule has 0 spiro atoms. The summed E-state index contributed by atoms with van der Waals surface area (Å²) in [7, 11) is 3.13. The SMILES string of the molecule is CCN1CCN(CC(=O)N2N=C(c3cccs3)C[C@@H]2c2ccc(OC)c(OC)c2)C(=O)C1=O. The molecule has 0 radical (unpaired) electrons. The van der Waals surface area contributed by atoms with E-state index in [1.54, 1.807) is 31.6 Å². The van der Waals surface area contributed by atoms with E-state index in [0.717, 1.165) is 16.2 Å². The normalized spacial score (nSPS) is 18.6. The van der Waals surface area contributed by atoms with Crippen LogP contribution >= 0.6 is 11.3 Å². The van der Waals surface area contributed by atoms with Gasteiger partial charge in [0.1, 0.15) is 6.54 Å². The zero-order valence-electron chi connectivity index (χ0n) is 18.8. The van der Waals surface area contributed by atoms with Crippen molar-refractivity contribution in [2.75, 3.05) is 40.4 Å². The van der Waals surface area contributed by atoms with Crippen molar-refractivity contribution >= 4 is 34.8 Å². The molecule has 0 saturated carbocycles. The Bertz CT molecular complexity index is 1080. The molecule has 174 valence electrons. The quantitative estimate of drug-likeness (QED) is 0.578. The Morgan fingerprint density at radius 3 is 2.48 bits per heavy atom. The summed E-state index contributed by atoms with van der Waals surface area (Å²) in [5.41, 5.74) is 1.64. The van der Waals surface area contributed by atoms with Crippen LogP contribution in [0.25, 0.3) is 0 Å². The van der Waals surface area contributed by atoms with E-state index in [-0.39, 0.29) is 18.5 Å². The maximum atomic E-state index is 13.3. The molecule has 1 saturated heterocycles. The highest BCUT2D eigenvalue weighted by Gasteiger charge is 2.38. The average molecular weight is 471 g/mol. The lowest BCUT2D eigenvalue weighted by atomic mass is 10.0. The third-order valence-electron chi connectivity index (χ3n) is 5.87. The third kappa shape index (κ3) is 4.43. The zero-order chi connectivity index (χ0) is 23.5. The van der Waals surface area contributed by atoms with Crippen LogP contribution in [0.15, 0.2) is 40.8 Å². The Kier molecular flexibility index (Phi) is 6.64. The first-order chi connectivity index (χ1) is 16.0. The maximum absolute atomic E-state index is 13.3. The second kappa shape index (κ2) is 9.62. The summed E-state index contributed by atoms with van der Waals surface area (Å²) in [6, 6.07) is 9.06. The van der Waals surface area contributed by atoms with Crippen LogP contribution < -0.4 is 9.47 Å². The fourth-order valence-corrected chi connectivity index (χ4v) is 4.78. The Morgan fingerprint density at radius 1 is 1.09 bits per heavy atom. The van der Waals surface area contributed by atoms with Crippen molar-refractivity contribution in [3.05, 3.63) is 46.2 Å². The van der Waals surface area contributed by atoms with E-state index in [1.807, 2.05) is 36.6 Å². The summed E-state index contributed by atoms with van der Waals surface area (Å²) < 4.78 is 10.8. The molecule has 0 bridgehead atoms. The van der Waals surface area contributed by atoms with Gasteiger partial charge in [-0.15, -0.1) is 11.3 Å². The second-order valence-electron chi connectivity index (χ2n) is 7.71. The number of piperazine rings is 1. The fraction of sp³-hybridized carbons (Fsp3) is 0.391. The van der Waals surface area contributed by atoms with E-state index in [1.165, 1.54) is 14.8 Å². The highest BCUT2D eigenvalue weighted by atomic mass is 32.1. The van der Waals surface area contributed by atoms with Crippen LogP contribution in [0.2, 0.25) is 0 Å². The van der Waals surface area contributed by atoms with Crippen LogP contribution in [0.5, 0.6) is 11.5 Å². The molecule has 33 heavy (non-hydrogen) atoms. The zero-order valence-corrected chi connectivity index (χ0v) is 19.6. The molecule has 1 fully saturated rings. The van der Waals surface area contributed by atoms with Gasteiger partial charge in [-0.3, -0.25) is 14.4 Å². The molecular weight excluding hydrogens is 444 g/mol. The van der Waals surface area contributed by atoms with Gasteiger partial charge in [0.2, 0.25) is 0 Å². The Hall–Kier alpha value is -3.40. The van der Waals surface area contributed by atoms with Gasteiger partial charge < -0.3 is 19.3 Å². The molecule has 1 aromatic carbocycles. The van der Waals surface area contributed by atoms with E-state index in [9.17, 15) is 14.4 Å². The molecule has 0 unspecified atom stereocenters. The highest BCUT2D eigenvalue weighted by molar-refractivity contribution is 7.12. The van der Waals surface area contributed by atoms with Crippen molar-refractivity contribution in [3.8, 4) is 11.5 Å². The van der Waals surface area contributed by atoms with Crippen molar-refractivity contribution in [1.82, 2.24) is 14.8 Å². The topological polar surface area (TPSA) is 91.8 Å².